The van der Waals surface area contributed by atoms with Crippen molar-refractivity contribution in [3.8, 4) is 5.75 Å². The fraction of sp³-hybridized carbons (Fsp3) is 0.250. The smallest absolute Gasteiger partial charge is 0.120 e. The van der Waals surface area contributed by atoms with Gasteiger partial charge in [-0.3, -0.25) is 0 Å². The molecule has 1 heterocycles. The second kappa shape index (κ2) is 6.81. The number of furan rings is 1. The van der Waals surface area contributed by atoms with Crippen LogP contribution in [0.3, 0.4) is 0 Å². The summed E-state index contributed by atoms with van der Waals surface area (Å²) in [5.74, 6) is 1.81. The third-order valence-corrected chi connectivity index (χ3v) is 2.87. The van der Waals surface area contributed by atoms with Gasteiger partial charge in [0.05, 0.1) is 12.3 Å². The van der Waals surface area contributed by atoms with E-state index in [9.17, 15) is 0 Å². The van der Waals surface area contributed by atoms with E-state index in [1.165, 1.54) is 5.56 Å². The molecule has 19 heavy (non-hydrogen) atoms. The van der Waals surface area contributed by atoms with Crippen LogP contribution in [0.15, 0.2) is 59.7 Å². The van der Waals surface area contributed by atoms with Gasteiger partial charge in [-0.1, -0.05) is 24.8 Å². The van der Waals surface area contributed by atoms with E-state index < -0.39 is 0 Å². The van der Waals surface area contributed by atoms with E-state index in [0.717, 1.165) is 18.1 Å². The number of ether oxygens (including phenoxy) is 1. The van der Waals surface area contributed by atoms with Crippen molar-refractivity contribution in [3.05, 3.63) is 66.6 Å². The molecule has 0 saturated heterocycles. The maximum Gasteiger partial charge on any atom is 0.120 e. The molecule has 3 nitrogen and oxygen atoms in total. The monoisotopic (exact) mass is 257 g/mol. The maximum absolute atomic E-state index is 5.44. The van der Waals surface area contributed by atoms with Crippen molar-refractivity contribution in [1.29, 1.82) is 0 Å². The molecule has 1 aromatic carbocycles. The lowest BCUT2D eigenvalue weighted by Gasteiger charge is -2.11. The Morgan fingerprint density at radius 1 is 1.32 bits per heavy atom. The molecule has 0 radical (unpaired) electrons. The zero-order chi connectivity index (χ0) is 13.5. The fourth-order valence-corrected chi connectivity index (χ4v) is 1.77. The zero-order valence-corrected chi connectivity index (χ0v) is 11.1. The van der Waals surface area contributed by atoms with E-state index in [0.29, 0.717) is 6.61 Å². The lowest BCUT2D eigenvalue weighted by atomic mass is 10.2. The van der Waals surface area contributed by atoms with E-state index in [1.807, 2.05) is 24.3 Å². The standard InChI is InChI=1S/C16H19NO2/c1-3-10-18-15-8-6-14(7-9-15)12-17-13(2)16-5-4-11-19-16/h3-9,11,13,17H,1,10,12H2,2H3. The SMILES string of the molecule is C=CCOc1ccc(CNC(C)c2ccco2)cc1. The van der Waals surface area contributed by atoms with Gasteiger partial charge < -0.3 is 14.5 Å². The summed E-state index contributed by atoms with van der Waals surface area (Å²) in [7, 11) is 0. The Bertz CT molecular complexity index is 488. The number of benzene rings is 1. The molecule has 0 aliphatic rings. The first-order chi connectivity index (χ1) is 9.29. The topological polar surface area (TPSA) is 34.4 Å². The summed E-state index contributed by atoms with van der Waals surface area (Å²) in [6.45, 7) is 7.04. The number of nitrogens with one attached hydrogen (secondary N) is 1. The van der Waals surface area contributed by atoms with Gasteiger partial charge >= 0.3 is 0 Å². The van der Waals surface area contributed by atoms with E-state index >= 15 is 0 Å². The molecule has 2 rings (SSSR count). The van der Waals surface area contributed by atoms with Crippen molar-refractivity contribution < 1.29 is 9.15 Å². The Balaban J connectivity index is 1.84. The molecule has 100 valence electrons. The first kappa shape index (κ1) is 13.4. The molecule has 1 atom stereocenters. The maximum atomic E-state index is 5.44. The van der Waals surface area contributed by atoms with Crippen LogP contribution in [0, 0.1) is 0 Å². The first-order valence-electron chi connectivity index (χ1n) is 6.39. The fourth-order valence-electron chi connectivity index (χ4n) is 1.77. The third-order valence-electron chi connectivity index (χ3n) is 2.87. The van der Waals surface area contributed by atoms with Crippen LogP contribution in [-0.4, -0.2) is 6.61 Å². The molecule has 2 aromatic rings. The second-order valence-electron chi connectivity index (χ2n) is 4.36. The largest absolute Gasteiger partial charge is 0.490 e. The molecule has 1 N–H and O–H groups in total. The van der Waals surface area contributed by atoms with Gasteiger partial charge in [-0.25, -0.2) is 0 Å². The first-order valence-corrected chi connectivity index (χ1v) is 6.39. The van der Waals surface area contributed by atoms with Crippen LogP contribution in [0.2, 0.25) is 0 Å². The Kier molecular flexibility index (Phi) is 4.81. The van der Waals surface area contributed by atoms with Crippen molar-refractivity contribution >= 4 is 0 Å². The number of hydrogen-bond donors (Lipinski definition) is 1. The van der Waals surface area contributed by atoms with E-state index in [1.54, 1.807) is 12.3 Å². The highest BCUT2D eigenvalue weighted by Gasteiger charge is 2.06. The molecular formula is C16H19NO2. The van der Waals surface area contributed by atoms with Gasteiger partial charge in [0, 0.05) is 6.54 Å². The van der Waals surface area contributed by atoms with Crippen LogP contribution in [-0.2, 0) is 6.54 Å². The minimum absolute atomic E-state index is 0.201. The van der Waals surface area contributed by atoms with Crippen LogP contribution < -0.4 is 10.1 Å². The molecule has 0 bridgehead atoms. The molecule has 0 spiro atoms. The quantitative estimate of drug-likeness (QED) is 0.768. The van der Waals surface area contributed by atoms with Gasteiger partial charge in [0.25, 0.3) is 0 Å². The minimum Gasteiger partial charge on any atom is -0.490 e. The van der Waals surface area contributed by atoms with Crippen molar-refractivity contribution in [2.75, 3.05) is 6.61 Å². The molecule has 1 unspecified atom stereocenters. The summed E-state index contributed by atoms with van der Waals surface area (Å²) in [6, 6.07) is 12.1. The lowest BCUT2D eigenvalue weighted by molar-refractivity contribution is 0.363. The summed E-state index contributed by atoms with van der Waals surface area (Å²) in [6.07, 6.45) is 3.43. The number of hydrogen-bond acceptors (Lipinski definition) is 3. The van der Waals surface area contributed by atoms with E-state index in [2.05, 4.69) is 31.0 Å². The summed E-state index contributed by atoms with van der Waals surface area (Å²) in [4.78, 5) is 0. The van der Waals surface area contributed by atoms with Crippen molar-refractivity contribution in [1.82, 2.24) is 5.32 Å². The van der Waals surface area contributed by atoms with Crippen molar-refractivity contribution in [2.45, 2.75) is 19.5 Å². The molecule has 0 amide bonds. The molecule has 3 heteroatoms. The Labute approximate surface area is 113 Å². The number of rotatable bonds is 7. The summed E-state index contributed by atoms with van der Waals surface area (Å²) in [5.41, 5.74) is 1.21. The van der Waals surface area contributed by atoms with Crippen LogP contribution >= 0.6 is 0 Å². The second-order valence-corrected chi connectivity index (χ2v) is 4.36. The molecule has 0 aliphatic carbocycles. The molecular weight excluding hydrogens is 238 g/mol. The summed E-state index contributed by atoms with van der Waals surface area (Å²) in [5, 5.41) is 3.41. The van der Waals surface area contributed by atoms with Gasteiger partial charge in [-0.05, 0) is 36.8 Å². The Hall–Kier alpha value is -2.00. The van der Waals surface area contributed by atoms with Gasteiger partial charge in [0.2, 0.25) is 0 Å². The van der Waals surface area contributed by atoms with Gasteiger partial charge in [-0.2, -0.15) is 0 Å². The Morgan fingerprint density at radius 3 is 2.74 bits per heavy atom. The molecule has 0 aliphatic heterocycles. The highest BCUT2D eigenvalue weighted by atomic mass is 16.5. The van der Waals surface area contributed by atoms with Crippen LogP contribution in [0.5, 0.6) is 5.75 Å². The summed E-state index contributed by atoms with van der Waals surface area (Å²) >= 11 is 0. The van der Waals surface area contributed by atoms with Crippen LogP contribution in [0.25, 0.3) is 0 Å². The molecule has 0 saturated carbocycles. The van der Waals surface area contributed by atoms with E-state index in [4.69, 9.17) is 9.15 Å². The van der Waals surface area contributed by atoms with Crippen molar-refractivity contribution in [3.63, 3.8) is 0 Å². The minimum atomic E-state index is 0.201. The van der Waals surface area contributed by atoms with Crippen LogP contribution in [0.1, 0.15) is 24.3 Å². The highest BCUT2D eigenvalue weighted by Crippen LogP contribution is 2.15. The average Bonchev–Trinajstić information content (AvgIpc) is 2.98. The average molecular weight is 257 g/mol. The normalized spacial score (nSPS) is 12.1. The molecule has 1 aromatic heterocycles. The third kappa shape index (κ3) is 4.00. The predicted octanol–water partition coefficient (Wildman–Crippen LogP) is 3.70. The highest BCUT2D eigenvalue weighted by molar-refractivity contribution is 5.27. The van der Waals surface area contributed by atoms with E-state index in [-0.39, 0.29) is 6.04 Å². The van der Waals surface area contributed by atoms with Gasteiger partial charge in [-0.15, -0.1) is 0 Å². The van der Waals surface area contributed by atoms with Gasteiger partial charge in [0.15, 0.2) is 0 Å². The summed E-state index contributed by atoms with van der Waals surface area (Å²) < 4.78 is 10.8. The van der Waals surface area contributed by atoms with Crippen LogP contribution in [0.4, 0.5) is 0 Å². The Morgan fingerprint density at radius 2 is 2.11 bits per heavy atom. The van der Waals surface area contributed by atoms with Gasteiger partial charge in [0.1, 0.15) is 18.1 Å². The van der Waals surface area contributed by atoms with Crippen molar-refractivity contribution in [2.24, 2.45) is 0 Å². The lowest BCUT2D eigenvalue weighted by Crippen LogP contribution is -2.17. The zero-order valence-electron chi connectivity index (χ0n) is 11.1. The molecule has 0 fully saturated rings. The predicted molar refractivity (Wildman–Crippen MR) is 76.1 cm³/mol.